The SMILES string of the molecule is C=C(/C(C)=C/C=C\C)N1CCCC(c2nc(C)c(/N=N\C)c(PC)n2)C1. The van der Waals surface area contributed by atoms with Gasteiger partial charge < -0.3 is 4.90 Å². The Morgan fingerprint density at radius 3 is 2.81 bits per heavy atom. The van der Waals surface area contributed by atoms with Crippen LogP contribution in [-0.4, -0.2) is 41.7 Å². The average molecular weight is 371 g/mol. The number of hydrogen-bond acceptors (Lipinski definition) is 5. The lowest BCUT2D eigenvalue weighted by Gasteiger charge is -2.35. The average Bonchev–Trinajstić information content (AvgIpc) is 2.67. The number of piperidine rings is 1. The number of azo groups is 1. The number of aryl methyl sites for hydroxylation is 1. The Morgan fingerprint density at radius 2 is 2.15 bits per heavy atom. The predicted octanol–water partition coefficient (Wildman–Crippen LogP) is 4.65. The molecule has 6 heteroatoms. The lowest BCUT2D eigenvalue weighted by Crippen LogP contribution is -2.35. The Bertz CT molecular complexity index is 736. The molecular weight excluding hydrogens is 341 g/mol. The molecule has 2 atom stereocenters. The minimum atomic E-state index is 0.330. The highest BCUT2D eigenvalue weighted by atomic mass is 31.1. The minimum Gasteiger partial charge on any atom is -0.371 e. The van der Waals surface area contributed by atoms with Gasteiger partial charge in [0.15, 0.2) is 0 Å². The summed E-state index contributed by atoms with van der Waals surface area (Å²) in [7, 11) is 2.26. The van der Waals surface area contributed by atoms with Crippen LogP contribution >= 0.6 is 8.58 Å². The van der Waals surface area contributed by atoms with Gasteiger partial charge in [0.25, 0.3) is 0 Å². The van der Waals surface area contributed by atoms with Crippen LogP contribution in [0, 0.1) is 6.92 Å². The maximum Gasteiger partial charge on any atom is 0.134 e. The first-order valence-corrected chi connectivity index (χ1v) is 10.6. The van der Waals surface area contributed by atoms with E-state index in [2.05, 4.69) is 47.4 Å². The van der Waals surface area contributed by atoms with Crippen molar-refractivity contribution < 1.29 is 0 Å². The van der Waals surface area contributed by atoms with Gasteiger partial charge >= 0.3 is 0 Å². The van der Waals surface area contributed by atoms with Crippen molar-refractivity contribution in [1.29, 1.82) is 0 Å². The molecule has 1 aromatic heterocycles. The molecule has 1 aliphatic rings. The number of rotatable bonds is 6. The van der Waals surface area contributed by atoms with E-state index in [4.69, 9.17) is 9.97 Å². The molecule has 0 aromatic carbocycles. The zero-order chi connectivity index (χ0) is 19.1. The molecule has 2 heterocycles. The Labute approximate surface area is 159 Å². The van der Waals surface area contributed by atoms with E-state index in [1.54, 1.807) is 7.05 Å². The number of allylic oxidation sites excluding steroid dienone is 4. The number of likely N-dealkylation sites (tertiary alicyclic amines) is 1. The van der Waals surface area contributed by atoms with E-state index in [1.807, 2.05) is 19.9 Å². The van der Waals surface area contributed by atoms with E-state index in [9.17, 15) is 0 Å². The molecule has 1 saturated heterocycles. The summed E-state index contributed by atoms with van der Waals surface area (Å²) < 4.78 is 0. The first-order valence-electron chi connectivity index (χ1n) is 9.11. The molecule has 26 heavy (non-hydrogen) atoms. The summed E-state index contributed by atoms with van der Waals surface area (Å²) in [6.45, 7) is 14.5. The fourth-order valence-corrected chi connectivity index (χ4v) is 3.88. The monoisotopic (exact) mass is 371 g/mol. The Kier molecular flexibility index (Phi) is 7.65. The van der Waals surface area contributed by atoms with Gasteiger partial charge in [-0.25, -0.2) is 9.97 Å². The quantitative estimate of drug-likeness (QED) is 0.416. The molecule has 1 fully saturated rings. The smallest absolute Gasteiger partial charge is 0.134 e. The minimum absolute atomic E-state index is 0.330. The molecule has 140 valence electrons. The van der Waals surface area contributed by atoms with Gasteiger partial charge in [-0.15, -0.1) is 0 Å². The molecule has 0 spiro atoms. The lowest BCUT2D eigenvalue weighted by molar-refractivity contribution is 0.258. The van der Waals surface area contributed by atoms with Gasteiger partial charge in [0, 0.05) is 31.8 Å². The summed E-state index contributed by atoms with van der Waals surface area (Å²) >= 11 is 0. The summed E-state index contributed by atoms with van der Waals surface area (Å²) in [5.74, 6) is 1.27. The summed E-state index contributed by atoms with van der Waals surface area (Å²) in [6, 6.07) is 0. The van der Waals surface area contributed by atoms with Crippen LogP contribution in [0.25, 0.3) is 0 Å². The van der Waals surface area contributed by atoms with Crippen LogP contribution in [0.1, 0.15) is 44.1 Å². The highest BCUT2D eigenvalue weighted by molar-refractivity contribution is 7.46. The zero-order valence-corrected chi connectivity index (χ0v) is 17.6. The maximum absolute atomic E-state index is 4.85. The molecule has 2 unspecified atom stereocenters. The van der Waals surface area contributed by atoms with E-state index in [0.29, 0.717) is 14.5 Å². The van der Waals surface area contributed by atoms with E-state index in [-0.39, 0.29) is 0 Å². The fourth-order valence-electron chi connectivity index (χ4n) is 3.18. The van der Waals surface area contributed by atoms with Crippen LogP contribution in [0.4, 0.5) is 5.69 Å². The normalized spacial score (nSPS) is 19.3. The molecule has 1 aliphatic heterocycles. The molecule has 0 N–H and O–H groups in total. The third-order valence-electron chi connectivity index (χ3n) is 4.67. The van der Waals surface area contributed by atoms with Gasteiger partial charge in [-0.2, -0.15) is 10.2 Å². The molecule has 0 bridgehead atoms. The van der Waals surface area contributed by atoms with Crippen LogP contribution in [0.5, 0.6) is 0 Å². The lowest BCUT2D eigenvalue weighted by atomic mass is 9.96. The van der Waals surface area contributed by atoms with Crippen LogP contribution in [0.3, 0.4) is 0 Å². The fraction of sp³-hybridized carbons (Fsp3) is 0.500. The second-order valence-electron chi connectivity index (χ2n) is 6.52. The van der Waals surface area contributed by atoms with Crippen molar-refractivity contribution in [3.8, 4) is 0 Å². The summed E-state index contributed by atoms with van der Waals surface area (Å²) in [5.41, 5.74) is 5.07. The van der Waals surface area contributed by atoms with Crippen LogP contribution in [0.15, 0.2) is 46.3 Å². The van der Waals surface area contributed by atoms with Crippen molar-refractivity contribution in [2.45, 2.75) is 39.5 Å². The molecular formula is C20H30N5P. The third kappa shape index (κ3) is 4.85. The second kappa shape index (κ2) is 9.72. The second-order valence-corrected chi connectivity index (χ2v) is 7.50. The molecule has 5 nitrogen and oxygen atoms in total. The van der Waals surface area contributed by atoms with Gasteiger partial charge in [0.1, 0.15) is 11.5 Å². The van der Waals surface area contributed by atoms with Crippen molar-refractivity contribution in [2.75, 3.05) is 26.8 Å². The van der Waals surface area contributed by atoms with Crippen molar-refractivity contribution in [1.82, 2.24) is 14.9 Å². The van der Waals surface area contributed by atoms with Crippen molar-refractivity contribution >= 4 is 19.7 Å². The standard InChI is InChI=1S/C20H30N5P/c1-7-8-10-14(2)16(4)25-12-9-11-17(13-25)19-22-15(3)18(24-21-5)20(23-19)26-6/h7-8,10,17,26H,4,9,11-13H2,1-3,5-6H3/b8-7-,14-10+,24-21-. The Hall–Kier alpha value is -1.87. The summed E-state index contributed by atoms with van der Waals surface area (Å²) in [6.07, 6.45) is 8.46. The van der Waals surface area contributed by atoms with Crippen LogP contribution < -0.4 is 5.44 Å². The number of nitrogens with zero attached hydrogens (tertiary/aromatic N) is 5. The molecule has 0 amide bonds. The topological polar surface area (TPSA) is 53.7 Å². The first-order chi connectivity index (χ1) is 12.5. The Balaban J connectivity index is 2.24. The molecule has 0 radical (unpaired) electrons. The summed E-state index contributed by atoms with van der Waals surface area (Å²) in [5, 5.41) is 8.14. The zero-order valence-electron chi connectivity index (χ0n) is 16.6. The van der Waals surface area contributed by atoms with Crippen LogP contribution in [0.2, 0.25) is 0 Å². The highest BCUT2D eigenvalue weighted by Crippen LogP contribution is 2.30. The van der Waals surface area contributed by atoms with Crippen molar-refractivity contribution in [2.24, 2.45) is 10.2 Å². The van der Waals surface area contributed by atoms with Gasteiger partial charge in [-0.05, 0) is 45.9 Å². The first kappa shape index (κ1) is 20.4. The number of hydrogen-bond donors (Lipinski definition) is 0. The number of aromatic nitrogens is 2. The van der Waals surface area contributed by atoms with E-state index >= 15 is 0 Å². The summed E-state index contributed by atoms with van der Waals surface area (Å²) in [4.78, 5) is 12.0. The van der Waals surface area contributed by atoms with Crippen molar-refractivity contribution in [3.05, 3.63) is 47.6 Å². The van der Waals surface area contributed by atoms with Crippen molar-refractivity contribution in [3.63, 3.8) is 0 Å². The van der Waals surface area contributed by atoms with Gasteiger partial charge in [0.2, 0.25) is 0 Å². The molecule has 2 rings (SSSR count). The van der Waals surface area contributed by atoms with E-state index in [0.717, 1.165) is 54.3 Å². The highest BCUT2D eigenvalue weighted by Gasteiger charge is 2.26. The van der Waals surface area contributed by atoms with Gasteiger partial charge in [-0.3, -0.25) is 0 Å². The molecule has 0 aliphatic carbocycles. The van der Waals surface area contributed by atoms with E-state index in [1.165, 1.54) is 5.57 Å². The molecule has 1 aromatic rings. The largest absolute Gasteiger partial charge is 0.371 e. The maximum atomic E-state index is 4.85. The van der Waals surface area contributed by atoms with Gasteiger partial charge in [0.05, 0.1) is 11.1 Å². The molecule has 0 saturated carbocycles. The Morgan fingerprint density at radius 1 is 1.38 bits per heavy atom. The van der Waals surface area contributed by atoms with Gasteiger partial charge in [-0.1, -0.05) is 33.4 Å². The predicted molar refractivity (Wildman–Crippen MR) is 112 cm³/mol. The van der Waals surface area contributed by atoms with Crippen LogP contribution in [-0.2, 0) is 0 Å². The third-order valence-corrected chi connectivity index (χ3v) is 5.50. The van der Waals surface area contributed by atoms with E-state index < -0.39 is 0 Å².